The van der Waals surface area contributed by atoms with Crippen molar-refractivity contribution >= 4 is 22.7 Å². The van der Waals surface area contributed by atoms with Crippen LogP contribution in [-0.2, 0) is 9.53 Å². The molecule has 0 aliphatic carbocycles. The summed E-state index contributed by atoms with van der Waals surface area (Å²) in [6, 6.07) is 9.87. The van der Waals surface area contributed by atoms with Gasteiger partial charge in [-0.3, -0.25) is 9.59 Å². The molecule has 0 spiro atoms. The van der Waals surface area contributed by atoms with Gasteiger partial charge in [0.2, 0.25) is 0 Å². The lowest BCUT2D eigenvalue weighted by Gasteiger charge is -2.31. The Kier molecular flexibility index (Phi) is 10.4. The lowest BCUT2D eigenvalue weighted by molar-refractivity contribution is -0.140. The van der Waals surface area contributed by atoms with Crippen LogP contribution in [0.15, 0.2) is 40.9 Å². The van der Waals surface area contributed by atoms with Gasteiger partial charge in [0.1, 0.15) is 5.82 Å². The molecule has 0 amide bonds. The molecular weight excluding hydrogens is 479 g/mol. The van der Waals surface area contributed by atoms with Crippen LogP contribution in [0.3, 0.4) is 0 Å². The number of esters is 1. The Morgan fingerprint density at radius 1 is 1.11 bits per heavy atom. The number of hydrogen-bond acceptors (Lipinski definition) is 8. The Morgan fingerprint density at radius 3 is 2.49 bits per heavy atom. The van der Waals surface area contributed by atoms with Gasteiger partial charge in [-0.15, -0.1) is 0 Å². The lowest BCUT2D eigenvalue weighted by atomic mass is 9.91. The number of benzene rings is 2. The van der Waals surface area contributed by atoms with E-state index in [0.717, 1.165) is 50.0 Å². The first-order chi connectivity index (χ1) is 17.8. The molecule has 8 nitrogen and oxygen atoms in total. The number of likely N-dealkylation sites (tertiary alicyclic amines) is 1. The van der Waals surface area contributed by atoms with Crippen LogP contribution >= 0.6 is 0 Å². The number of nitrogens with zero attached hydrogens (tertiary/aromatic N) is 2. The third kappa shape index (κ3) is 8.01. The van der Waals surface area contributed by atoms with Gasteiger partial charge in [-0.05, 0) is 76.5 Å². The molecule has 0 N–H and O–H groups in total. The van der Waals surface area contributed by atoms with Crippen molar-refractivity contribution in [2.24, 2.45) is 0 Å². The molecule has 37 heavy (non-hydrogen) atoms. The summed E-state index contributed by atoms with van der Waals surface area (Å²) in [5.74, 6) is 1.05. The number of halogens is 1. The van der Waals surface area contributed by atoms with Crippen molar-refractivity contribution in [1.82, 2.24) is 10.1 Å². The second kappa shape index (κ2) is 13.7. The largest absolute Gasteiger partial charge is 0.493 e. The molecule has 9 heteroatoms. The third-order valence-corrected chi connectivity index (χ3v) is 6.23. The first-order valence-corrected chi connectivity index (χ1v) is 12.5. The molecule has 2 heterocycles. The van der Waals surface area contributed by atoms with Crippen molar-refractivity contribution in [1.29, 1.82) is 0 Å². The van der Waals surface area contributed by atoms with Gasteiger partial charge in [0.15, 0.2) is 22.9 Å². The molecule has 0 atom stereocenters. The van der Waals surface area contributed by atoms with Gasteiger partial charge in [-0.25, -0.2) is 4.39 Å². The highest BCUT2D eigenvalue weighted by Gasteiger charge is 2.25. The molecule has 3 aromatic rings. The fourth-order valence-corrected chi connectivity index (χ4v) is 4.33. The van der Waals surface area contributed by atoms with Crippen molar-refractivity contribution in [2.75, 3.05) is 40.0 Å². The van der Waals surface area contributed by atoms with Crippen LogP contribution in [-0.4, -0.2) is 61.8 Å². The monoisotopic (exact) mass is 514 g/mol. The molecule has 1 saturated heterocycles. The van der Waals surface area contributed by atoms with Crippen molar-refractivity contribution in [3.05, 3.63) is 53.5 Å². The van der Waals surface area contributed by atoms with E-state index >= 15 is 0 Å². The Labute approximate surface area is 216 Å². The summed E-state index contributed by atoms with van der Waals surface area (Å²) >= 11 is 0. The summed E-state index contributed by atoms with van der Waals surface area (Å²) in [4.78, 5) is 23.8. The van der Waals surface area contributed by atoms with Crippen LogP contribution in [0.5, 0.6) is 11.5 Å². The number of carbonyl (C=O) groups excluding carboxylic acids is 2. The van der Waals surface area contributed by atoms with Crippen LogP contribution in [0.4, 0.5) is 4.39 Å². The minimum atomic E-state index is -0.306. The van der Waals surface area contributed by atoms with Crippen LogP contribution in [0.2, 0.25) is 0 Å². The highest BCUT2D eigenvalue weighted by atomic mass is 19.1. The van der Waals surface area contributed by atoms with Crippen LogP contribution in [0, 0.1) is 5.82 Å². The van der Waals surface area contributed by atoms with E-state index < -0.39 is 0 Å². The van der Waals surface area contributed by atoms with E-state index in [-0.39, 0.29) is 17.6 Å². The molecule has 0 unspecified atom stereocenters. The van der Waals surface area contributed by atoms with E-state index in [0.29, 0.717) is 41.8 Å². The number of Topliss-reactive ketones (excluding diaryl/α,β-unsaturated/α-hetero) is 1. The highest BCUT2D eigenvalue weighted by Crippen LogP contribution is 2.33. The van der Waals surface area contributed by atoms with Crippen molar-refractivity contribution in [2.45, 2.75) is 46.0 Å². The summed E-state index contributed by atoms with van der Waals surface area (Å²) in [6.07, 6.45) is 2.90. The number of rotatable bonds is 9. The van der Waals surface area contributed by atoms with E-state index in [4.69, 9.17) is 14.0 Å². The number of ketones is 1. The quantitative estimate of drug-likeness (QED) is 0.213. The standard InChI is InChI=1S/C24H27FN2O4.C4H8O2/c1-16(28)18-4-7-21(23(14-18)29-2)30-13-3-10-27-11-8-17(9-12-27)24-20-6-5-19(25)15-22(20)31-26-24;1-3-6-4(2)5/h4-7,14-15,17H,3,8-13H2,1-2H3;3H2,1-2H3. The molecule has 0 radical (unpaired) electrons. The third-order valence-electron chi connectivity index (χ3n) is 6.23. The minimum absolute atomic E-state index is 0.000894. The summed E-state index contributed by atoms with van der Waals surface area (Å²) in [7, 11) is 1.57. The van der Waals surface area contributed by atoms with Gasteiger partial charge >= 0.3 is 5.97 Å². The predicted octanol–water partition coefficient (Wildman–Crippen LogP) is 5.40. The Morgan fingerprint density at radius 2 is 1.86 bits per heavy atom. The molecule has 1 aliphatic heterocycles. The van der Waals surface area contributed by atoms with Gasteiger partial charge in [0, 0.05) is 36.4 Å². The Balaban J connectivity index is 0.000000568. The second-order valence-corrected chi connectivity index (χ2v) is 8.87. The predicted molar refractivity (Wildman–Crippen MR) is 138 cm³/mol. The van der Waals surface area contributed by atoms with Crippen molar-refractivity contribution in [3.8, 4) is 11.5 Å². The number of carbonyl (C=O) groups is 2. The molecular formula is C28H35FN2O6. The number of hydrogen-bond donors (Lipinski definition) is 0. The topological polar surface area (TPSA) is 91.1 Å². The van der Waals surface area contributed by atoms with E-state index in [1.807, 2.05) is 0 Å². The average Bonchev–Trinajstić information content (AvgIpc) is 3.30. The second-order valence-electron chi connectivity index (χ2n) is 8.87. The number of methoxy groups -OCH3 is 1. The molecule has 2 aromatic carbocycles. The summed E-state index contributed by atoms with van der Waals surface area (Å²) < 4.78 is 34.3. The number of fused-ring (bicyclic) bond motifs is 1. The SMILES string of the molecule is CCOC(C)=O.COc1cc(C(C)=O)ccc1OCCCN1CCC(c2noc3cc(F)ccc23)CC1. The van der Waals surface area contributed by atoms with E-state index in [1.54, 1.807) is 38.3 Å². The fourth-order valence-electron chi connectivity index (χ4n) is 4.33. The number of ether oxygens (including phenoxy) is 3. The first kappa shape index (κ1) is 28.1. The molecule has 0 bridgehead atoms. The molecule has 200 valence electrons. The van der Waals surface area contributed by atoms with E-state index in [9.17, 15) is 14.0 Å². The van der Waals surface area contributed by atoms with Crippen molar-refractivity contribution in [3.63, 3.8) is 0 Å². The zero-order valence-corrected chi connectivity index (χ0v) is 21.9. The smallest absolute Gasteiger partial charge is 0.302 e. The summed E-state index contributed by atoms with van der Waals surface area (Å²) in [5.41, 5.74) is 2.07. The maximum absolute atomic E-state index is 13.4. The first-order valence-electron chi connectivity index (χ1n) is 12.5. The number of aromatic nitrogens is 1. The zero-order chi connectivity index (χ0) is 26.8. The van der Waals surface area contributed by atoms with E-state index in [2.05, 4.69) is 14.8 Å². The van der Waals surface area contributed by atoms with Crippen LogP contribution in [0.25, 0.3) is 11.0 Å². The van der Waals surface area contributed by atoms with Crippen LogP contribution < -0.4 is 9.47 Å². The van der Waals surface area contributed by atoms with Gasteiger partial charge in [-0.2, -0.15) is 0 Å². The van der Waals surface area contributed by atoms with Gasteiger partial charge in [0.05, 0.1) is 26.0 Å². The lowest BCUT2D eigenvalue weighted by Crippen LogP contribution is -2.34. The average molecular weight is 515 g/mol. The maximum atomic E-state index is 13.4. The molecule has 1 aromatic heterocycles. The van der Waals surface area contributed by atoms with Gasteiger partial charge in [0.25, 0.3) is 0 Å². The normalized spacial score (nSPS) is 14.1. The molecule has 1 fully saturated rings. The zero-order valence-electron chi connectivity index (χ0n) is 21.9. The van der Waals surface area contributed by atoms with Crippen LogP contribution in [0.1, 0.15) is 62.0 Å². The highest BCUT2D eigenvalue weighted by molar-refractivity contribution is 5.94. The van der Waals surface area contributed by atoms with E-state index in [1.165, 1.54) is 26.0 Å². The van der Waals surface area contributed by atoms with Gasteiger partial charge in [-0.1, -0.05) is 5.16 Å². The molecule has 1 aliphatic rings. The maximum Gasteiger partial charge on any atom is 0.302 e. The fraction of sp³-hybridized carbons (Fsp3) is 0.464. The Bertz CT molecular complexity index is 1190. The minimum Gasteiger partial charge on any atom is -0.493 e. The Hall–Kier alpha value is -3.46. The summed E-state index contributed by atoms with van der Waals surface area (Å²) in [5, 5.41) is 5.13. The molecule has 4 rings (SSSR count). The van der Waals surface area contributed by atoms with Gasteiger partial charge < -0.3 is 23.6 Å². The molecule has 0 saturated carbocycles. The van der Waals surface area contributed by atoms with Crippen molar-refractivity contribution < 1.29 is 32.7 Å². The summed E-state index contributed by atoms with van der Waals surface area (Å²) in [6.45, 7) is 8.68. The number of piperidine rings is 1.